The van der Waals surface area contributed by atoms with Crippen LogP contribution in [0.5, 0.6) is 5.75 Å². The molecular weight excluding hydrogens is 429 g/mol. The molecule has 0 saturated heterocycles. The van der Waals surface area contributed by atoms with Crippen LogP contribution in [0.2, 0.25) is 0 Å². The molecule has 2 amide bonds. The third-order valence-electron chi connectivity index (χ3n) is 4.57. The summed E-state index contributed by atoms with van der Waals surface area (Å²) in [7, 11) is 0. The topological polar surface area (TPSA) is 58.6 Å². The monoisotopic (exact) mass is 444 g/mol. The number of rotatable bonds is 5. The van der Waals surface area contributed by atoms with Gasteiger partial charge in [-0.25, -0.2) is 4.90 Å². The van der Waals surface area contributed by atoms with E-state index in [-0.39, 0.29) is 17.0 Å². The Hall–Kier alpha value is -3.59. The van der Waals surface area contributed by atoms with Gasteiger partial charge in [-0.2, -0.15) is 0 Å². The van der Waals surface area contributed by atoms with Crippen LogP contribution in [0, 0.1) is 6.92 Å². The van der Waals surface area contributed by atoms with Gasteiger partial charge in [-0.05, 0) is 54.3 Å². The predicted molar refractivity (Wildman–Crippen MR) is 112 cm³/mol. The molecule has 1 aromatic heterocycles. The molecule has 0 fully saturated rings. The number of nitrogens with zero attached hydrogens (tertiary/aromatic N) is 1. The van der Waals surface area contributed by atoms with Crippen molar-refractivity contribution in [3.8, 4) is 5.75 Å². The summed E-state index contributed by atoms with van der Waals surface area (Å²) in [5.74, 6) is -1.40. The number of amides is 2. The van der Waals surface area contributed by atoms with E-state index in [1.165, 1.54) is 23.5 Å². The number of halogens is 3. The lowest BCUT2D eigenvalue weighted by Crippen LogP contribution is -2.32. The molecule has 1 aliphatic heterocycles. The molecule has 3 aromatic rings. The molecular formula is C22H15F3N2O3S. The average Bonchev–Trinajstić information content (AvgIpc) is 3.30. The number of aryl methyl sites for hydroxylation is 1. The van der Waals surface area contributed by atoms with Crippen LogP contribution in [-0.4, -0.2) is 18.2 Å². The van der Waals surface area contributed by atoms with Crippen LogP contribution in [0.1, 0.15) is 10.4 Å². The second-order valence-electron chi connectivity index (χ2n) is 6.66. The molecule has 5 nitrogen and oxygen atoms in total. The van der Waals surface area contributed by atoms with Gasteiger partial charge in [0, 0.05) is 10.6 Å². The Balaban J connectivity index is 1.70. The molecule has 1 aliphatic rings. The number of nitrogens with one attached hydrogen (secondary N) is 1. The number of imide groups is 1. The van der Waals surface area contributed by atoms with Crippen LogP contribution in [0.25, 0.3) is 5.57 Å². The smallest absolute Gasteiger partial charge is 0.406 e. The molecule has 0 saturated carbocycles. The first-order chi connectivity index (χ1) is 14.7. The second-order valence-corrected chi connectivity index (χ2v) is 7.60. The molecule has 31 heavy (non-hydrogen) atoms. The van der Waals surface area contributed by atoms with Crippen molar-refractivity contribution in [3.63, 3.8) is 0 Å². The molecule has 0 radical (unpaired) electrons. The van der Waals surface area contributed by atoms with Crippen molar-refractivity contribution in [1.29, 1.82) is 0 Å². The Kier molecular flexibility index (Phi) is 5.28. The number of anilines is 2. The Morgan fingerprint density at radius 1 is 0.935 bits per heavy atom. The van der Waals surface area contributed by atoms with Crippen LogP contribution in [0.3, 0.4) is 0 Å². The Labute approximate surface area is 179 Å². The first kappa shape index (κ1) is 20.7. The Morgan fingerprint density at radius 2 is 1.65 bits per heavy atom. The van der Waals surface area contributed by atoms with E-state index in [1.807, 2.05) is 0 Å². The highest BCUT2D eigenvalue weighted by Gasteiger charge is 2.41. The van der Waals surface area contributed by atoms with Crippen molar-refractivity contribution >= 4 is 40.1 Å². The van der Waals surface area contributed by atoms with Gasteiger partial charge < -0.3 is 10.1 Å². The lowest BCUT2D eigenvalue weighted by atomic mass is 10.1. The van der Waals surface area contributed by atoms with Crippen LogP contribution >= 0.6 is 11.3 Å². The number of alkyl halides is 3. The number of ether oxygens (including phenoxy) is 1. The third-order valence-corrected chi connectivity index (χ3v) is 5.45. The lowest BCUT2D eigenvalue weighted by molar-refractivity contribution is -0.274. The van der Waals surface area contributed by atoms with Crippen LogP contribution in [0.4, 0.5) is 24.5 Å². The highest BCUT2D eigenvalue weighted by Crippen LogP contribution is 2.36. The van der Waals surface area contributed by atoms with Crippen LogP contribution in [-0.2, 0) is 9.59 Å². The predicted octanol–water partition coefficient (Wildman–Crippen LogP) is 5.35. The first-order valence-corrected chi connectivity index (χ1v) is 9.98. The summed E-state index contributed by atoms with van der Waals surface area (Å²) in [5.41, 5.74) is 1.83. The lowest BCUT2D eigenvalue weighted by Gasteiger charge is -2.17. The van der Waals surface area contributed by atoms with E-state index in [0.29, 0.717) is 16.3 Å². The van der Waals surface area contributed by atoms with Crippen molar-refractivity contribution in [2.45, 2.75) is 13.3 Å². The summed E-state index contributed by atoms with van der Waals surface area (Å²) in [5, 5.41) is 4.70. The first-order valence-electron chi connectivity index (χ1n) is 9.10. The molecule has 0 atom stereocenters. The molecule has 2 aromatic carbocycles. The van der Waals surface area contributed by atoms with Gasteiger partial charge in [0.2, 0.25) is 0 Å². The van der Waals surface area contributed by atoms with Gasteiger partial charge in [-0.1, -0.05) is 24.3 Å². The third kappa shape index (κ3) is 4.17. The van der Waals surface area contributed by atoms with Crippen molar-refractivity contribution < 1.29 is 27.5 Å². The minimum Gasteiger partial charge on any atom is -0.406 e. The highest BCUT2D eigenvalue weighted by atomic mass is 32.1. The second kappa shape index (κ2) is 7.92. The standard InChI is InChI=1S/C22H15F3N2O3S/c1-13-5-2-3-6-16(13)27-20(28)18(17-7-4-12-31-17)19(21(27)29)26-14-8-10-15(11-9-14)30-22(23,24)25/h2-12,26H,1H3. The zero-order valence-corrected chi connectivity index (χ0v) is 16.9. The number of para-hydroxylation sites is 1. The van der Waals surface area contributed by atoms with Crippen LogP contribution < -0.4 is 15.0 Å². The summed E-state index contributed by atoms with van der Waals surface area (Å²) in [6, 6.07) is 15.5. The minimum atomic E-state index is -4.80. The zero-order valence-electron chi connectivity index (χ0n) is 16.1. The highest BCUT2D eigenvalue weighted by molar-refractivity contribution is 7.11. The molecule has 0 aliphatic carbocycles. The molecule has 0 unspecified atom stereocenters. The number of hydrogen-bond donors (Lipinski definition) is 1. The quantitative estimate of drug-likeness (QED) is 0.539. The summed E-state index contributed by atoms with van der Waals surface area (Å²) in [6.45, 7) is 1.80. The maximum Gasteiger partial charge on any atom is 0.573 e. The van der Waals surface area contributed by atoms with E-state index in [9.17, 15) is 22.8 Å². The molecule has 1 N–H and O–H groups in total. The van der Waals surface area contributed by atoms with Crippen molar-refractivity contribution in [1.82, 2.24) is 0 Å². The molecule has 4 rings (SSSR count). The van der Waals surface area contributed by atoms with E-state index in [2.05, 4.69) is 10.1 Å². The maximum absolute atomic E-state index is 13.2. The van der Waals surface area contributed by atoms with E-state index < -0.39 is 18.2 Å². The summed E-state index contributed by atoms with van der Waals surface area (Å²) >= 11 is 1.31. The van der Waals surface area contributed by atoms with E-state index in [4.69, 9.17) is 0 Å². The number of benzene rings is 2. The number of hydrogen-bond acceptors (Lipinski definition) is 5. The normalized spacial score (nSPS) is 14.4. The van der Waals surface area contributed by atoms with Crippen molar-refractivity contribution in [3.05, 3.63) is 82.2 Å². The Morgan fingerprint density at radius 3 is 2.26 bits per heavy atom. The van der Waals surface area contributed by atoms with Gasteiger partial charge in [0.05, 0.1) is 11.3 Å². The number of carbonyl (C=O) groups excluding carboxylic acids is 2. The van der Waals surface area contributed by atoms with Gasteiger partial charge in [0.15, 0.2) is 0 Å². The minimum absolute atomic E-state index is 0.0557. The van der Waals surface area contributed by atoms with Gasteiger partial charge in [-0.3, -0.25) is 9.59 Å². The largest absolute Gasteiger partial charge is 0.573 e. The zero-order chi connectivity index (χ0) is 22.2. The fourth-order valence-corrected chi connectivity index (χ4v) is 3.98. The SMILES string of the molecule is Cc1ccccc1N1C(=O)C(Nc2ccc(OC(F)(F)F)cc2)=C(c2cccs2)C1=O. The summed E-state index contributed by atoms with van der Waals surface area (Å²) in [6.07, 6.45) is -4.80. The van der Waals surface area contributed by atoms with Gasteiger partial charge in [0.1, 0.15) is 11.4 Å². The molecule has 158 valence electrons. The summed E-state index contributed by atoms with van der Waals surface area (Å²) < 4.78 is 41.0. The van der Waals surface area contributed by atoms with Crippen molar-refractivity contribution in [2.75, 3.05) is 10.2 Å². The van der Waals surface area contributed by atoms with Gasteiger partial charge in [0.25, 0.3) is 11.8 Å². The van der Waals surface area contributed by atoms with Crippen LogP contribution in [0.15, 0.2) is 71.7 Å². The fraction of sp³-hybridized carbons (Fsp3) is 0.0909. The molecule has 0 spiro atoms. The van der Waals surface area contributed by atoms with Gasteiger partial charge in [-0.15, -0.1) is 24.5 Å². The molecule has 9 heteroatoms. The number of carbonyl (C=O) groups is 2. The van der Waals surface area contributed by atoms with E-state index in [0.717, 1.165) is 22.6 Å². The average molecular weight is 444 g/mol. The summed E-state index contributed by atoms with van der Waals surface area (Å²) in [4.78, 5) is 28.2. The maximum atomic E-state index is 13.2. The van der Waals surface area contributed by atoms with E-state index >= 15 is 0 Å². The fourth-order valence-electron chi connectivity index (χ4n) is 3.21. The Bertz CT molecular complexity index is 1170. The molecule has 0 bridgehead atoms. The molecule has 2 heterocycles. The number of thiophene rings is 1. The van der Waals surface area contributed by atoms with E-state index in [1.54, 1.807) is 48.7 Å². The van der Waals surface area contributed by atoms with Crippen molar-refractivity contribution in [2.24, 2.45) is 0 Å². The van der Waals surface area contributed by atoms with Gasteiger partial charge >= 0.3 is 6.36 Å².